The Labute approximate surface area is 215 Å². The summed E-state index contributed by atoms with van der Waals surface area (Å²) in [7, 11) is -3.78. The molecule has 36 heavy (non-hydrogen) atoms. The lowest BCUT2D eigenvalue weighted by Crippen LogP contribution is -2.57. The molecule has 0 radical (unpaired) electrons. The number of hydrogen-bond acceptors (Lipinski definition) is 8. The lowest BCUT2D eigenvalue weighted by Gasteiger charge is -2.30. The standard InChI is InChI=1S/C23H32N4O7S2/c1-15(2)21(25-19(29)10-9-16-7-5-4-6-8-16)23(32)27-14-35-13-18(27)22(31)24-17(12-28)11-20(30)26-36(3,33)34/h4-10,15,17-18,21,28H,11-14H2,1-3H3,(H,24,31)(H,25,29)(H,26,30)/b10-9+/t17-,18-,21-/m0/s1. The molecule has 1 aliphatic heterocycles. The molecule has 1 fully saturated rings. The first kappa shape index (κ1) is 29.3. The number of rotatable bonds is 11. The van der Waals surface area contributed by atoms with E-state index in [1.165, 1.54) is 22.7 Å². The smallest absolute Gasteiger partial charge is 0.246 e. The van der Waals surface area contributed by atoms with Gasteiger partial charge in [0.25, 0.3) is 0 Å². The third-order valence-corrected chi connectivity index (χ3v) is 6.83. The van der Waals surface area contributed by atoms with Gasteiger partial charge < -0.3 is 20.6 Å². The molecule has 198 valence electrons. The van der Waals surface area contributed by atoms with Crippen LogP contribution in [-0.2, 0) is 29.2 Å². The van der Waals surface area contributed by atoms with Crippen LogP contribution in [0.3, 0.4) is 0 Å². The molecule has 1 saturated heterocycles. The van der Waals surface area contributed by atoms with E-state index in [1.807, 2.05) is 30.3 Å². The highest BCUT2D eigenvalue weighted by atomic mass is 32.2. The van der Waals surface area contributed by atoms with E-state index < -0.39 is 64.8 Å². The van der Waals surface area contributed by atoms with Crippen LogP contribution in [0.5, 0.6) is 0 Å². The Hall–Kier alpha value is -2.90. The van der Waals surface area contributed by atoms with Crippen molar-refractivity contribution in [2.45, 2.75) is 38.4 Å². The normalized spacial score (nSPS) is 17.6. The van der Waals surface area contributed by atoms with Gasteiger partial charge in [0.05, 0.1) is 31.2 Å². The number of nitrogens with one attached hydrogen (secondary N) is 3. The van der Waals surface area contributed by atoms with Gasteiger partial charge in [-0.3, -0.25) is 23.9 Å². The first-order chi connectivity index (χ1) is 16.9. The summed E-state index contributed by atoms with van der Waals surface area (Å²) in [5.41, 5.74) is 0.830. The van der Waals surface area contributed by atoms with Gasteiger partial charge in [-0.1, -0.05) is 44.2 Å². The number of thioether (sulfide) groups is 1. The van der Waals surface area contributed by atoms with E-state index in [0.29, 0.717) is 0 Å². The highest BCUT2D eigenvalue weighted by Gasteiger charge is 2.39. The quantitative estimate of drug-likeness (QED) is 0.278. The number of sulfonamides is 1. The molecule has 4 N–H and O–H groups in total. The summed E-state index contributed by atoms with van der Waals surface area (Å²) in [5.74, 6) is -2.07. The Morgan fingerprint density at radius 2 is 1.83 bits per heavy atom. The van der Waals surface area contributed by atoms with Gasteiger partial charge in [0, 0.05) is 11.8 Å². The van der Waals surface area contributed by atoms with E-state index >= 15 is 0 Å². The van der Waals surface area contributed by atoms with Crippen molar-refractivity contribution in [1.29, 1.82) is 0 Å². The van der Waals surface area contributed by atoms with Gasteiger partial charge >= 0.3 is 0 Å². The molecular weight excluding hydrogens is 508 g/mol. The van der Waals surface area contributed by atoms with Crippen LogP contribution >= 0.6 is 11.8 Å². The van der Waals surface area contributed by atoms with Crippen LogP contribution in [-0.4, -0.2) is 84.7 Å². The van der Waals surface area contributed by atoms with Crippen molar-refractivity contribution in [2.24, 2.45) is 5.92 Å². The number of nitrogens with zero attached hydrogens (tertiary/aromatic N) is 1. The third-order valence-electron chi connectivity index (χ3n) is 5.22. The topological polar surface area (TPSA) is 162 Å². The molecule has 13 heteroatoms. The fraction of sp³-hybridized carbons (Fsp3) is 0.478. The van der Waals surface area contributed by atoms with Gasteiger partial charge in [-0.2, -0.15) is 0 Å². The molecule has 2 rings (SSSR count). The van der Waals surface area contributed by atoms with E-state index in [4.69, 9.17) is 0 Å². The van der Waals surface area contributed by atoms with Gasteiger partial charge in [0.15, 0.2) is 0 Å². The van der Waals surface area contributed by atoms with Crippen LogP contribution in [0.4, 0.5) is 0 Å². The highest BCUT2D eigenvalue weighted by Crippen LogP contribution is 2.23. The van der Waals surface area contributed by atoms with Gasteiger partial charge in [-0.25, -0.2) is 8.42 Å². The predicted octanol–water partition coefficient (Wildman–Crippen LogP) is -0.315. The number of carbonyl (C=O) groups is 4. The highest BCUT2D eigenvalue weighted by molar-refractivity contribution is 7.99. The maximum atomic E-state index is 13.3. The van der Waals surface area contributed by atoms with Crippen LogP contribution < -0.4 is 15.4 Å². The molecule has 0 bridgehead atoms. The zero-order chi connectivity index (χ0) is 26.9. The van der Waals surface area contributed by atoms with Crippen molar-refractivity contribution in [2.75, 3.05) is 24.5 Å². The minimum Gasteiger partial charge on any atom is -0.394 e. The fourth-order valence-corrected chi connectivity index (χ4v) is 5.10. The summed E-state index contributed by atoms with van der Waals surface area (Å²) in [6.07, 6.45) is 3.34. The SMILES string of the molecule is CC(C)[C@H](NC(=O)/C=C/c1ccccc1)C(=O)N1CSC[C@H]1C(=O)N[C@H](CO)CC(=O)NS(C)(=O)=O. The number of aliphatic hydroxyl groups excluding tert-OH is 1. The summed E-state index contributed by atoms with van der Waals surface area (Å²) in [4.78, 5) is 51.9. The first-order valence-electron chi connectivity index (χ1n) is 11.2. The third kappa shape index (κ3) is 9.28. The molecule has 1 aromatic carbocycles. The molecular formula is C23H32N4O7S2. The Balaban J connectivity index is 2.04. The van der Waals surface area contributed by atoms with Crippen LogP contribution in [0.25, 0.3) is 6.08 Å². The van der Waals surface area contributed by atoms with Crippen LogP contribution in [0.2, 0.25) is 0 Å². The summed E-state index contributed by atoms with van der Waals surface area (Å²) >= 11 is 1.36. The first-order valence-corrected chi connectivity index (χ1v) is 14.3. The van der Waals surface area contributed by atoms with Crippen molar-refractivity contribution in [3.63, 3.8) is 0 Å². The monoisotopic (exact) mass is 540 g/mol. The Bertz CT molecular complexity index is 1080. The Morgan fingerprint density at radius 1 is 1.17 bits per heavy atom. The minimum absolute atomic E-state index is 0.230. The second kappa shape index (κ2) is 13.4. The molecule has 4 amide bonds. The van der Waals surface area contributed by atoms with E-state index in [0.717, 1.165) is 11.8 Å². The van der Waals surface area contributed by atoms with Crippen LogP contribution in [0, 0.1) is 5.92 Å². The van der Waals surface area contributed by atoms with Crippen LogP contribution in [0.1, 0.15) is 25.8 Å². The predicted molar refractivity (Wildman–Crippen MR) is 137 cm³/mol. The van der Waals surface area contributed by atoms with Crippen molar-refractivity contribution in [1.82, 2.24) is 20.3 Å². The average Bonchev–Trinajstić information content (AvgIpc) is 3.29. The van der Waals surface area contributed by atoms with E-state index in [-0.39, 0.29) is 17.5 Å². The molecule has 1 heterocycles. The van der Waals surface area contributed by atoms with Crippen molar-refractivity contribution in [3.05, 3.63) is 42.0 Å². The fourth-order valence-electron chi connectivity index (χ4n) is 3.44. The minimum atomic E-state index is -3.78. The number of benzene rings is 1. The zero-order valence-corrected chi connectivity index (χ0v) is 22.0. The number of aliphatic hydroxyl groups is 1. The van der Waals surface area contributed by atoms with Crippen molar-refractivity contribution in [3.8, 4) is 0 Å². The average molecular weight is 541 g/mol. The van der Waals surface area contributed by atoms with Crippen LogP contribution in [0.15, 0.2) is 36.4 Å². The maximum Gasteiger partial charge on any atom is 0.246 e. The second-order valence-electron chi connectivity index (χ2n) is 8.69. The second-order valence-corrected chi connectivity index (χ2v) is 11.4. The number of hydrogen-bond donors (Lipinski definition) is 4. The van der Waals surface area contributed by atoms with E-state index in [1.54, 1.807) is 24.6 Å². The lowest BCUT2D eigenvalue weighted by atomic mass is 10.0. The summed E-state index contributed by atoms with van der Waals surface area (Å²) in [6, 6.07) is 6.42. The van der Waals surface area contributed by atoms with Crippen molar-refractivity contribution < 1.29 is 32.7 Å². The van der Waals surface area contributed by atoms with Crippen molar-refractivity contribution >= 4 is 51.5 Å². The van der Waals surface area contributed by atoms with Gasteiger partial charge in [0.2, 0.25) is 33.7 Å². The van der Waals surface area contributed by atoms with E-state index in [9.17, 15) is 32.7 Å². The molecule has 0 spiro atoms. The molecule has 3 atom stereocenters. The van der Waals surface area contributed by atoms with E-state index in [2.05, 4.69) is 10.6 Å². The zero-order valence-electron chi connectivity index (χ0n) is 20.3. The summed E-state index contributed by atoms with van der Waals surface area (Å²) in [5, 5.41) is 14.8. The maximum absolute atomic E-state index is 13.3. The Kier molecular flexibility index (Phi) is 10.9. The largest absolute Gasteiger partial charge is 0.394 e. The Morgan fingerprint density at radius 3 is 2.42 bits per heavy atom. The molecule has 1 aromatic rings. The summed E-state index contributed by atoms with van der Waals surface area (Å²) < 4.78 is 24.2. The molecule has 0 aromatic heterocycles. The number of carbonyl (C=O) groups excluding carboxylic acids is 4. The van der Waals surface area contributed by atoms with Gasteiger partial charge in [-0.05, 0) is 17.6 Å². The molecule has 1 aliphatic rings. The molecule has 0 unspecified atom stereocenters. The van der Waals surface area contributed by atoms with Gasteiger partial charge in [0.1, 0.15) is 12.1 Å². The summed E-state index contributed by atoms with van der Waals surface area (Å²) in [6.45, 7) is 2.96. The van der Waals surface area contributed by atoms with Gasteiger partial charge in [-0.15, -0.1) is 11.8 Å². The molecule has 0 saturated carbocycles. The molecule has 11 nitrogen and oxygen atoms in total. The lowest BCUT2D eigenvalue weighted by molar-refractivity contribution is -0.142. The molecule has 0 aliphatic carbocycles. The number of amides is 4.